The zero-order valence-corrected chi connectivity index (χ0v) is 19.5. The van der Waals surface area contributed by atoms with Crippen molar-refractivity contribution in [2.45, 2.75) is 64.3 Å². The number of hydrogen-bond donors (Lipinski definition) is 2. The molecule has 2 aromatic rings. The Bertz CT molecular complexity index is 931. The van der Waals surface area contributed by atoms with Gasteiger partial charge in [0.1, 0.15) is 0 Å². The highest BCUT2D eigenvalue weighted by atomic mass is 16.2. The normalized spacial score (nSPS) is 21.0. The Balaban J connectivity index is 1.53. The molecule has 1 aromatic heterocycles. The molecule has 0 unspecified atom stereocenters. The van der Waals surface area contributed by atoms with E-state index in [1.165, 1.54) is 19.3 Å². The van der Waals surface area contributed by atoms with Gasteiger partial charge in [-0.3, -0.25) is 14.5 Å². The van der Waals surface area contributed by atoms with Crippen LogP contribution < -0.4 is 5.32 Å². The third kappa shape index (κ3) is 5.14. The molecule has 2 fully saturated rings. The van der Waals surface area contributed by atoms with Crippen molar-refractivity contribution < 1.29 is 9.59 Å². The van der Waals surface area contributed by atoms with Gasteiger partial charge < -0.3 is 15.2 Å². The summed E-state index contributed by atoms with van der Waals surface area (Å²) in [5.41, 5.74) is 2.35. The van der Waals surface area contributed by atoms with Gasteiger partial charge in [0.25, 0.3) is 5.91 Å². The molecule has 7 nitrogen and oxygen atoms in total. The lowest BCUT2D eigenvalue weighted by Crippen LogP contribution is -2.54. The highest BCUT2D eigenvalue weighted by Crippen LogP contribution is 2.37. The van der Waals surface area contributed by atoms with E-state index in [1.54, 1.807) is 6.33 Å². The fourth-order valence-corrected chi connectivity index (χ4v) is 5.49. The number of imidazole rings is 1. The van der Waals surface area contributed by atoms with Crippen molar-refractivity contribution in [2.75, 3.05) is 32.7 Å². The summed E-state index contributed by atoms with van der Waals surface area (Å²) in [6.07, 6.45) is 8.99. The van der Waals surface area contributed by atoms with Crippen LogP contribution in [0.4, 0.5) is 0 Å². The van der Waals surface area contributed by atoms with E-state index in [4.69, 9.17) is 0 Å². The Morgan fingerprint density at radius 2 is 1.94 bits per heavy atom. The topological polar surface area (TPSA) is 81.3 Å². The molecule has 174 valence electrons. The molecule has 1 spiro atoms. The third-order valence-corrected chi connectivity index (χ3v) is 7.04. The lowest BCUT2D eigenvalue weighted by molar-refractivity contribution is -0.125. The van der Waals surface area contributed by atoms with Crippen LogP contribution in [0.2, 0.25) is 0 Å². The van der Waals surface area contributed by atoms with E-state index < -0.39 is 0 Å². The summed E-state index contributed by atoms with van der Waals surface area (Å²) in [5.74, 6) is 0.674. The van der Waals surface area contributed by atoms with Gasteiger partial charge in [0.15, 0.2) is 0 Å². The standard InChI is InChI=1S/C25H37N5O2/c1-19(2)17-30-13-6-12-29(24(32)20-7-8-21-22(15-20)28-18-27-21)14-11-26-23(31)16-25(30)9-4-3-5-10-25/h7-8,15,18-19H,3-6,9-14,16-17H2,1-2H3,(H,26,31)(H,27,28). The first-order chi connectivity index (χ1) is 15.5. The maximum atomic E-state index is 13.3. The second kappa shape index (κ2) is 10.0. The number of carbonyl (C=O) groups excluding carboxylic acids is 2. The first kappa shape index (κ1) is 22.8. The summed E-state index contributed by atoms with van der Waals surface area (Å²) in [5, 5.41) is 3.11. The molecule has 1 saturated heterocycles. The minimum atomic E-state index is -0.0303. The fourth-order valence-electron chi connectivity index (χ4n) is 5.49. The van der Waals surface area contributed by atoms with E-state index >= 15 is 0 Å². The van der Waals surface area contributed by atoms with E-state index in [1.807, 2.05) is 23.1 Å². The van der Waals surface area contributed by atoms with Crippen LogP contribution in [0.15, 0.2) is 24.5 Å². The molecule has 7 heteroatoms. The molecule has 0 radical (unpaired) electrons. The minimum absolute atomic E-state index is 0.0118. The van der Waals surface area contributed by atoms with E-state index in [0.29, 0.717) is 37.5 Å². The van der Waals surface area contributed by atoms with Crippen molar-refractivity contribution in [2.24, 2.45) is 5.92 Å². The molecular formula is C25H37N5O2. The number of aromatic nitrogens is 2. The highest BCUT2D eigenvalue weighted by molar-refractivity contribution is 5.97. The number of carbonyl (C=O) groups is 2. The van der Waals surface area contributed by atoms with Crippen LogP contribution in [0.1, 0.15) is 69.2 Å². The van der Waals surface area contributed by atoms with Crippen molar-refractivity contribution in [3.63, 3.8) is 0 Å². The van der Waals surface area contributed by atoms with Crippen molar-refractivity contribution in [3.8, 4) is 0 Å². The van der Waals surface area contributed by atoms with Gasteiger partial charge in [-0.25, -0.2) is 4.98 Å². The molecule has 4 rings (SSSR count). The van der Waals surface area contributed by atoms with Crippen molar-refractivity contribution in [1.82, 2.24) is 25.1 Å². The van der Waals surface area contributed by atoms with Gasteiger partial charge in [0.2, 0.25) is 5.91 Å². The number of aromatic amines is 1. The lowest BCUT2D eigenvalue weighted by Gasteiger charge is -2.47. The van der Waals surface area contributed by atoms with Crippen LogP contribution in [-0.4, -0.2) is 69.8 Å². The predicted octanol–water partition coefficient (Wildman–Crippen LogP) is 3.58. The number of H-pyrrole nitrogens is 1. The summed E-state index contributed by atoms with van der Waals surface area (Å²) in [7, 11) is 0. The zero-order chi connectivity index (χ0) is 22.6. The first-order valence-electron chi connectivity index (χ1n) is 12.2. The number of fused-ring (bicyclic) bond motifs is 1. The summed E-state index contributed by atoms with van der Waals surface area (Å²) < 4.78 is 0. The largest absolute Gasteiger partial charge is 0.354 e. The lowest BCUT2D eigenvalue weighted by atomic mass is 9.77. The smallest absolute Gasteiger partial charge is 0.253 e. The maximum Gasteiger partial charge on any atom is 0.253 e. The Morgan fingerprint density at radius 1 is 1.12 bits per heavy atom. The molecule has 1 aliphatic heterocycles. The van der Waals surface area contributed by atoms with Crippen LogP contribution in [0.3, 0.4) is 0 Å². The predicted molar refractivity (Wildman–Crippen MR) is 126 cm³/mol. The molecule has 0 atom stereocenters. The molecule has 2 heterocycles. The van der Waals surface area contributed by atoms with Gasteiger partial charge in [-0.2, -0.15) is 0 Å². The first-order valence-corrected chi connectivity index (χ1v) is 12.2. The van der Waals surface area contributed by atoms with E-state index in [9.17, 15) is 9.59 Å². The number of amides is 2. The van der Waals surface area contributed by atoms with Gasteiger partial charge in [0.05, 0.1) is 17.4 Å². The Hall–Kier alpha value is -2.41. The molecule has 0 bridgehead atoms. The second-order valence-electron chi connectivity index (χ2n) is 9.93. The number of nitrogens with one attached hydrogen (secondary N) is 2. The van der Waals surface area contributed by atoms with Crippen molar-refractivity contribution in [1.29, 1.82) is 0 Å². The molecule has 1 aliphatic carbocycles. The Labute approximate surface area is 190 Å². The zero-order valence-electron chi connectivity index (χ0n) is 19.5. The Morgan fingerprint density at radius 3 is 2.72 bits per heavy atom. The number of hydrogen-bond acceptors (Lipinski definition) is 4. The van der Waals surface area contributed by atoms with Gasteiger partial charge in [-0.15, -0.1) is 0 Å². The van der Waals surface area contributed by atoms with E-state index in [-0.39, 0.29) is 17.4 Å². The molecule has 2 N–H and O–H groups in total. The molecule has 32 heavy (non-hydrogen) atoms. The van der Waals surface area contributed by atoms with Gasteiger partial charge in [-0.05, 0) is 43.4 Å². The van der Waals surface area contributed by atoms with Crippen molar-refractivity contribution in [3.05, 3.63) is 30.1 Å². The minimum Gasteiger partial charge on any atom is -0.354 e. The van der Waals surface area contributed by atoms with Crippen LogP contribution in [-0.2, 0) is 4.79 Å². The monoisotopic (exact) mass is 439 g/mol. The average molecular weight is 440 g/mol. The molecule has 1 aromatic carbocycles. The molecule has 2 amide bonds. The van der Waals surface area contributed by atoms with E-state index in [2.05, 4.69) is 34.0 Å². The van der Waals surface area contributed by atoms with Gasteiger partial charge in [-0.1, -0.05) is 33.1 Å². The third-order valence-electron chi connectivity index (χ3n) is 7.04. The van der Waals surface area contributed by atoms with Crippen LogP contribution >= 0.6 is 0 Å². The Kier molecular flexibility index (Phi) is 7.13. The number of rotatable bonds is 3. The van der Waals surface area contributed by atoms with Crippen LogP contribution in [0.25, 0.3) is 11.0 Å². The van der Waals surface area contributed by atoms with Crippen molar-refractivity contribution >= 4 is 22.8 Å². The van der Waals surface area contributed by atoms with Crippen LogP contribution in [0.5, 0.6) is 0 Å². The van der Waals surface area contributed by atoms with E-state index in [0.717, 1.165) is 43.4 Å². The maximum absolute atomic E-state index is 13.3. The summed E-state index contributed by atoms with van der Waals surface area (Å²) in [4.78, 5) is 38.0. The SMILES string of the molecule is CC(C)CN1CCCN(C(=O)c2ccc3nc[nH]c3c2)CCNC(=O)CC12CCCCC2. The summed E-state index contributed by atoms with van der Waals surface area (Å²) in [6.45, 7) is 8.15. The summed E-state index contributed by atoms with van der Waals surface area (Å²) >= 11 is 0. The van der Waals surface area contributed by atoms with Gasteiger partial charge >= 0.3 is 0 Å². The van der Waals surface area contributed by atoms with Gasteiger partial charge in [0, 0.05) is 50.2 Å². The number of benzene rings is 1. The summed E-state index contributed by atoms with van der Waals surface area (Å²) in [6, 6.07) is 5.60. The van der Waals surface area contributed by atoms with Crippen LogP contribution in [0, 0.1) is 5.92 Å². The molecule has 1 saturated carbocycles. The second-order valence-corrected chi connectivity index (χ2v) is 9.93. The molecule has 2 aliphatic rings. The quantitative estimate of drug-likeness (QED) is 0.766. The highest BCUT2D eigenvalue weighted by Gasteiger charge is 2.40. The average Bonchev–Trinajstić information content (AvgIpc) is 3.24. The fraction of sp³-hybridized carbons (Fsp3) is 0.640. The number of nitrogens with zero attached hydrogens (tertiary/aromatic N) is 3. The molecular weight excluding hydrogens is 402 g/mol.